The molecule has 3 aromatic rings. The first-order valence-electron chi connectivity index (χ1n) is 9.34. The third kappa shape index (κ3) is 4.85. The van der Waals surface area contributed by atoms with Gasteiger partial charge in [-0.05, 0) is 37.1 Å². The van der Waals surface area contributed by atoms with Crippen molar-refractivity contribution in [3.63, 3.8) is 0 Å². The van der Waals surface area contributed by atoms with E-state index in [1.807, 2.05) is 0 Å². The van der Waals surface area contributed by atoms with E-state index in [2.05, 4.69) is 19.1 Å². The zero-order valence-corrected chi connectivity index (χ0v) is 16.3. The van der Waals surface area contributed by atoms with Crippen LogP contribution in [0, 0.1) is 0 Å². The summed E-state index contributed by atoms with van der Waals surface area (Å²) >= 11 is 0. The SMILES string of the molecule is CC/C=C/CCOc1ccc2c(OC)c(OC(=O)c3ccccc3)c(=O)oc2c1. The molecular formula is C23H22O6. The topological polar surface area (TPSA) is 75.0 Å². The smallest absolute Gasteiger partial charge is 0.383 e. The molecule has 0 amide bonds. The quantitative estimate of drug-likeness (QED) is 0.237. The lowest BCUT2D eigenvalue weighted by atomic mass is 10.2. The zero-order chi connectivity index (χ0) is 20.6. The van der Waals surface area contributed by atoms with Crippen LogP contribution in [-0.4, -0.2) is 19.7 Å². The van der Waals surface area contributed by atoms with Gasteiger partial charge in [-0.25, -0.2) is 9.59 Å². The van der Waals surface area contributed by atoms with E-state index >= 15 is 0 Å². The molecule has 2 aromatic carbocycles. The summed E-state index contributed by atoms with van der Waals surface area (Å²) in [7, 11) is 1.40. The Balaban J connectivity index is 1.87. The minimum atomic E-state index is -0.804. The molecule has 0 atom stereocenters. The summed E-state index contributed by atoms with van der Waals surface area (Å²) in [6.07, 6.45) is 5.90. The van der Waals surface area contributed by atoms with E-state index < -0.39 is 11.6 Å². The van der Waals surface area contributed by atoms with Crippen LogP contribution in [0.15, 0.2) is 69.9 Å². The molecule has 1 heterocycles. The summed E-state index contributed by atoms with van der Waals surface area (Å²) in [4.78, 5) is 24.8. The number of ether oxygens (including phenoxy) is 3. The maximum absolute atomic E-state index is 12.4. The Kier molecular flexibility index (Phi) is 6.68. The van der Waals surface area contributed by atoms with E-state index in [0.717, 1.165) is 12.8 Å². The first-order valence-corrected chi connectivity index (χ1v) is 9.34. The molecule has 29 heavy (non-hydrogen) atoms. The van der Waals surface area contributed by atoms with Crippen molar-refractivity contribution in [2.24, 2.45) is 0 Å². The number of allylic oxidation sites excluding steroid dienone is 1. The van der Waals surface area contributed by atoms with Crippen LogP contribution in [0.25, 0.3) is 11.0 Å². The molecule has 6 heteroatoms. The lowest BCUT2D eigenvalue weighted by Crippen LogP contribution is -2.15. The maximum Gasteiger partial charge on any atom is 0.383 e. The van der Waals surface area contributed by atoms with Gasteiger partial charge in [0.2, 0.25) is 0 Å². The summed E-state index contributed by atoms with van der Waals surface area (Å²) in [5, 5.41) is 0.501. The molecular weight excluding hydrogens is 372 g/mol. The number of carbonyl (C=O) groups is 1. The molecule has 0 aliphatic rings. The molecule has 0 bridgehead atoms. The second kappa shape index (κ2) is 9.59. The lowest BCUT2D eigenvalue weighted by molar-refractivity contribution is 0.0723. The highest BCUT2D eigenvalue weighted by molar-refractivity contribution is 5.93. The third-order valence-electron chi connectivity index (χ3n) is 4.16. The Morgan fingerprint density at radius 2 is 1.86 bits per heavy atom. The van der Waals surface area contributed by atoms with Gasteiger partial charge in [0.1, 0.15) is 11.3 Å². The standard InChI is InChI=1S/C23H22O6/c1-3-4-5-9-14-27-17-12-13-18-19(15-17)28-23(25)21(20(18)26-2)29-22(24)16-10-7-6-8-11-16/h4-8,10-13,15H,3,9,14H2,1-2H3/b5-4+. The minimum Gasteiger partial charge on any atom is -0.493 e. The first kappa shape index (κ1) is 20.2. The Bertz CT molecular complexity index is 1070. The number of benzene rings is 2. The summed E-state index contributed by atoms with van der Waals surface area (Å²) < 4.78 is 21.7. The summed E-state index contributed by atoms with van der Waals surface area (Å²) in [5.41, 5.74) is -0.204. The molecule has 6 nitrogen and oxygen atoms in total. The predicted molar refractivity (Wildman–Crippen MR) is 110 cm³/mol. The zero-order valence-electron chi connectivity index (χ0n) is 16.3. The Labute approximate surface area is 168 Å². The van der Waals surface area contributed by atoms with Crippen LogP contribution in [0.5, 0.6) is 17.2 Å². The van der Waals surface area contributed by atoms with Crippen molar-refractivity contribution in [1.82, 2.24) is 0 Å². The molecule has 150 valence electrons. The number of hydrogen-bond acceptors (Lipinski definition) is 6. The van der Waals surface area contributed by atoms with Crippen LogP contribution in [0.2, 0.25) is 0 Å². The van der Waals surface area contributed by atoms with Gasteiger partial charge in [-0.15, -0.1) is 0 Å². The van der Waals surface area contributed by atoms with Crippen LogP contribution in [0.3, 0.4) is 0 Å². The molecule has 0 saturated carbocycles. The predicted octanol–water partition coefficient (Wildman–Crippen LogP) is 4.76. The highest BCUT2D eigenvalue weighted by Crippen LogP contribution is 2.34. The molecule has 0 saturated heterocycles. The largest absolute Gasteiger partial charge is 0.493 e. The van der Waals surface area contributed by atoms with Crippen molar-refractivity contribution in [3.05, 3.63) is 76.7 Å². The van der Waals surface area contributed by atoms with E-state index in [1.54, 1.807) is 48.5 Å². The van der Waals surface area contributed by atoms with Crippen molar-refractivity contribution in [3.8, 4) is 17.2 Å². The van der Waals surface area contributed by atoms with E-state index in [0.29, 0.717) is 23.3 Å². The summed E-state index contributed by atoms with van der Waals surface area (Å²) in [6.45, 7) is 2.58. The normalized spacial score (nSPS) is 11.0. The molecule has 0 aliphatic heterocycles. The van der Waals surface area contributed by atoms with Gasteiger partial charge in [0.15, 0.2) is 5.75 Å². The van der Waals surface area contributed by atoms with Crippen LogP contribution >= 0.6 is 0 Å². The molecule has 0 aliphatic carbocycles. The second-order valence-electron chi connectivity index (χ2n) is 6.18. The van der Waals surface area contributed by atoms with Crippen molar-refractivity contribution in [1.29, 1.82) is 0 Å². The summed E-state index contributed by atoms with van der Waals surface area (Å²) in [5.74, 6) is -0.248. The molecule has 1 aromatic heterocycles. The monoisotopic (exact) mass is 394 g/mol. The van der Waals surface area contributed by atoms with Crippen LogP contribution < -0.4 is 19.8 Å². The minimum absolute atomic E-state index is 0.137. The highest BCUT2D eigenvalue weighted by Gasteiger charge is 2.21. The maximum atomic E-state index is 12.4. The van der Waals surface area contributed by atoms with Gasteiger partial charge in [0, 0.05) is 6.07 Å². The lowest BCUT2D eigenvalue weighted by Gasteiger charge is -2.11. The van der Waals surface area contributed by atoms with Crippen molar-refractivity contribution in [2.45, 2.75) is 19.8 Å². The first-order chi connectivity index (χ1) is 14.1. The molecule has 0 radical (unpaired) electrons. The molecule has 0 fully saturated rings. The van der Waals surface area contributed by atoms with E-state index in [9.17, 15) is 9.59 Å². The number of fused-ring (bicyclic) bond motifs is 1. The van der Waals surface area contributed by atoms with Gasteiger partial charge in [-0.3, -0.25) is 0 Å². The van der Waals surface area contributed by atoms with E-state index in [1.165, 1.54) is 7.11 Å². The fourth-order valence-corrected chi connectivity index (χ4v) is 2.77. The van der Waals surface area contributed by atoms with Gasteiger partial charge >= 0.3 is 11.6 Å². The fraction of sp³-hybridized carbons (Fsp3) is 0.217. The number of esters is 1. The molecule has 3 rings (SSSR count). The third-order valence-corrected chi connectivity index (χ3v) is 4.16. The highest BCUT2D eigenvalue weighted by atomic mass is 16.6. The fourth-order valence-electron chi connectivity index (χ4n) is 2.77. The van der Waals surface area contributed by atoms with Gasteiger partial charge in [0.25, 0.3) is 5.75 Å². The van der Waals surface area contributed by atoms with E-state index in [4.69, 9.17) is 18.6 Å². The Hall–Kier alpha value is -3.54. The van der Waals surface area contributed by atoms with Crippen molar-refractivity contribution >= 4 is 16.9 Å². The number of carbonyl (C=O) groups excluding carboxylic acids is 1. The second-order valence-corrected chi connectivity index (χ2v) is 6.18. The average Bonchev–Trinajstić information content (AvgIpc) is 2.74. The summed E-state index contributed by atoms with van der Waals surface area (Å²) in [6, 6.07) is 13.4. The average molecular weight is 394 g/mol. The molecule has 0 N–H and O–H groups in total. The van der Waals surface area contributed by atoms with Gasteiger partial charge in [0.05, 0.1) is 24.7 Å². The van der Waals surface area contributed by atoms with Gasteiger partial charge in [-0.1, -0.05) is 37.3 Å². The number of methoxy groups -OCH3 is 1. The van der Waals surface area contributed by atoms with Crippen molar-refractivity contribution < 1.29 is 23.4 Å². The van der Waals surface area contributed by atoms with E-state index in [-0.39, 0.29) is 17.1 Å². The molecule has 0 unspecified atom stereocenters. The number of rotatable bonds is 8. The van der Waals surface area contributed by atoms with Crippen molar-refractivity contribution in [2.75, 3.05) is 13.7 Å². The van der Waals surface area contributed by atoms with Crippen LogP contribution in [0.1, 0.15) is 30.1 Å². The molecule has 0 spiro atoms. The van der Waals surface area contributed by atoms with Gasteiger partial charge in [-0.2, -0.15) is 0 Å². The number of hydrogen-bond donors (Lipinski definition) is 0. The Morgan fingerprint density at radius 1 is 1.07 bits per heavy atom. The Morgan fingerprint density at radius 3 is 2.59 bits per heavy atom. The van der Waals surface area contributed by atoms with Gasteiger partial charge < -0.3 is 18.6 Å². The van der Waals surface area contributed by atoms with Crippen LogP contribution in [0.4, 0.5) is 0 Å². The van der Waals surface area contributed by atoms with Crippen LogP contribution in [-0.2, 0) is 0 Å².